The number of hydrogen-bond donors (Lipinski definition) is 1. The highest BCUT2D eigenvalue weighted by Gasteiger charge is 1.99. The van der Waals surface area contributed by atoms with E-state index < -0.39 is 0 Å². The fourth-order valence-corrected chi connectivity index (χ4v) is 1.26. The van der Waals surface area contributed by atoms with Crippen LogP contribution in [0, 0.1) is 0 Å². The van der Waals surface area contributed by atoms with Crippen LogP contribution in [0.1, 0.15) is 47.0 Å². The van der Waals surface area contributed by atoms with E-state index in [4.69, 9.17) is 5.11 Å². The monoisotopic (exact) mass is 189 g/mol. The molecule has 2 nitrogen and oxygen atoms in total. The Hall–Kier alpha value is -0.0800. The topological polar surface area (TPSA) is 23.5 Å². The Bertz CT molecular complexity index is 70.5. The van der Waals surface area contributed by atoms with Crippen molar-refractivity contribution < 1.29 is 5.11 Å². The Morgan fingerprint density at radius 1 is 0.923 bits per heavy atom. The molecule has 0 saturated heterocycles. The van der Waals surface area contributed by atoms with Gasteiger partial charge < -0.3 is 10.0 Å². The molecule has 0 atom stereocenters. The fraction of sp³-hybridized carbons (Fsp3) is 1.00. The Labute approximate surface area is 83.9 Å². The van der Waals surface area contributed by atoms with Gasteiger partial charge in [0.25, 0.3) is 0 Å². The molecule has 0 unspecified atom stereocenters. The zero-order chi connectivity index (χ0) is 10.5. The summed E-state index contributed by atoms with van der Waals surface area (Å²) in [6.45, 7) is 12.1. The second-order valence-electron chi connectivity index (χ2n) is 2.92. The molecule has 0 saturated carbocycles. The van der Waals surface area contributed by atoms with Crippen molar-refractivity contribution in [2.75, 3.05) is 26.2 Å². The third kappa shape index (κ3) is 11.9. The Morgan fingerprint density at radius 3 is 1.69 bits per heavy atom. The SMILES string of the molecule is CC.CCCN(CCC)CCCO. The third-order valence-electron chi connectivity index (χ3n) is 1.71. The van der Waals surface area contributed by atoms with Crippen molar-refractivity contribution in [1.82, 2.24) is 4.90 Å². The summed E-state index contributed by atoms with van der Waals surface area (Å²) in [6, 6.07) is 0. The van der Waals surface area contributed by atoms with Gasteiger partial charge in [-0.2, -0.15) is 0 Å². The van der Waals surface area contributed by atoms with Crippen molar-refractivity contribution in [2.24, 2.45) is 0 Å². The van der Waals surface area contributed by atoms with Gasteiger partial charge in [-0.1, -0.05) is 27.7 Å². The summed E-state index contributed by atoms with van der Waals surface area (Å²) in [5, 5.41) is 8.62. The Kier molecular flexibility index (Phi) is 17.1. The number of nitrogens with zero attached hydrogens (tertiary/aromatic N) is 1. The van der Waals surface area contributed by atoms with Crippen LogP contribution >= 0.6 is 0 Å². The summed E-state index contributed by atoms with van der Waals surface area (Å²) in [4.78, 5) is 2.41. The van der Waals surface area contributed by atoms with Gasteiger partial charge in [-0.15, -0.1) is 0 Å². The summed E-state index contributed by atoms with van der Waals surface area (Å²) >= 11 is 0. The summed E-state index contributed by atoms with van der Waals surface area (Å²) in [6.07, 6.45) is 3.34. The highest BCUT2D eigenvalue weighted by atomic mass is 16.3. The van der Waals surface area contributed by atoms with Crippen LogP contribution in [0.15, 0.2) is 0 Å². The van der Waals surface area contributed by atoms with Gasteiger partial charge >= 0.3 is 0 Å². The predicted molar refractivity (Wildman–Crippen MR) is 60.1 cm³/mol. The zero-order valence-corrected chi connectivity index (χ0v) is 9.84. The lowest BCUT2D eigenvalue weighted by Crippen LogP contribution is -2.27. The quantitative estimate of drug-likeness (QED) is 0.665. The number of aliphatic hydroxyl groups is 1. The first-order valence-corrected chi connectivity index (χ1v) is 5.68. The average Bonchev–Trinajstić information content (AvgIpc) is 2.18. The number of aliphatic hydroxyl groups excluding tert-OH is 1. The normalized spacial score (nSPS) is 9.69. The van der Waals surface area contributed by atoms with E-state index in [0.717, 1.165) is 13.0 Å². The van der Waals surface area contributed by atoms with Crippen LogP contribution in [0.25, 0.3) is 0 Å². The molecule has 0 spiro atoms. The molecule has 0 amide bonds. The fourth-order valence-electron chi connectivity index (χ4n) is 1.26. The highest BCUT2D eigenvalue weighted by Crippen LogP contribution is 1.95. The van der Waals surface area contributed by atoms with Crippen molar-refractivity contribution >= 4 is 0 Å². The van der Waals surface area contributed by atoms with Crippen molar-refractivity contribution in [3.63, 3.8) is 0 Å². The first-order valence-electron chi connectivity index (χ1n) is 5.68. The van der Waals surface area contributed by atoms with Gasteiger partial charge in [0.2, 0.25) is 0 Å². The molecule has 82 valence electrons. The summed E-state index contributed by atoms with van der Waals surface area (Å²) in [5.74, 6) is 0. The largest absolute Gasteiger partial charge is 0.396 e. The lowest BCUT2D eigenvalue weighted by molar-refractivity contribution is 0.224. The lowest BCUT2D eigenvalue weighted by Gasteiger charge is -2.19. The molecule has 0 aromatic rings. The van der Waals surface area contributed by atoms with Gasteiger partial charge in [0.15, 0.2) is 0 Å². The van der Waals surface area contributed by atoms with Crippen LogP contribution in [0.5, 0.6) is 0 Å². The van der Waals surface area contributed by atoms with E-state index in [1.807, 2.05) is 13.8 Å². The molecule has 0 aliphatic heterocycles. The number of rotatable bonds is 7. The predicted octanol–water partition coefficient (Wildman–Crippen LogP) is 2.52. The maximum atomic E-state index is 8.62. The molecule has 0 radical (unpaired) electrons. The molecule has 0 aromatic heterocycles. The van der Waals surface area contributed by atoms with Crippen molar-refractivity contribution in [3.05, 3.63) is 0 Å². The van der Waals surface area contributed by atoms with E-state index in [-0.39, 0.29) is 0 Å². The Morgan fingerprint density at radius 2 is 1.38 bits per heavy atom. The summed E-state index contributed by atoms with van der Waals surface area (Å²) in [5.41, 5.74) is 0. The summed E-state index contributed by atoms with van der Waals surface area (Å²) in [7, 11) is 0. The van der Waals surface area contributed by atoms with E-state index in [0.29, 0.717) is 6.61 Å². The molecule has 0 bridgehead atoms. The zero-order valence-electron chi connectivity index (χ0n) is 9.84. The smallest absolute Gasteiger partial charge is 0.0443 e. The molecule has 0 aromatic carbocycles. The van der Waals surface area contributed by atoms with Crippen LogP contribution < -0.4 is 0 Å². The molecular weight excluding hydrogens is 162 g/mol. The van der Waals surface area contributed by atoms with Crippen LogP contribution in [-0.4, -0.2) is 36.2 Å². The van der Waals surface area contributed by atoms with Crippen molar-refractivity contribution in [1.29, 1.82) is 0 Å². The first-order chi connectivity index (χ1) is 6.35. The molecular formula is C11H27NO. The third-order valence-corrected chi connectivity index (χ3v) is 1.71. The lowest BCUT2D eigenvalue weighted by atomic mass is 10.3. The van der Waals surface area contributed by atoms with E-state index in [2.05, 4.69) is 18.7 Å². The minimum Gasteiger partial charge on any atom is -0.396 e. The van der Waals surface area contributed by atoms with E-state index in [1.165, 1.54) is 25.9 Å². The molecule has 0 aliphatic carbocycles. The first kappa shape index (κ1) is 15.4. The molecule has 0 rings (SSSR count). The van der Waals surface area contributed by atoms with Crippen molar-refractivity contribution in [3.8, 4) is 0 Å². The van der Waals surface area contributed by atoms with Gasteiger partial charge in [-0.3, -0.25) is 0 Å². The average molecular weight is 189 g/mol. The molecule has 13 heavy (non-hydrogen) atoms. The van der Waals surface area contributed by atoms with Crippen LogP contribution in [0.2, 0.25) is 0 Å². The summed E-state index contributed by atoms with van der Waals surface area (Å²) < 4.78 is 0. The van der Waals surface area contributed by atoms with E-state index in [1.54, 1.807) is 0 Å². The minimum atomic E-state index is 0.323. The maximum absolute atomic E-state index is 8.62. The van der Waals surface area contributed by atoms with E-state index in [9.17, 15) is 0 Å². The molecule has 0 fully saturated rings. The molecule has 0 aliphatic rings. The van der Waals surface area contributed by atoms with Crippen LogP contribution in [0.4, 0.5) is 0 Å². The minimum absolute atomic E-state index is 0.323. The standard InChI is InChI=1S/C9H21NO.C2H6/c1-3-6-10(7-4-2)8-5-9-11;1-2/h11H,3-9H2,1-2H3;1-2H3. The second kappa shape index (κ2) is 14.4. The highest BCUT2D eigenvalue weighted by molar-refractivity contribution is 4.55. The van der Waals surface area contributed by atoms with Gasteiger partial charge in [-0.25, -0.2) is 0 Å². The van der Waals surface area contributed by atoms with Gasteiger partial charge in [0.1, 0.15) is 0 Å². The van der Waals surface area contributed by atoms with Gasteiger partial charge in [-0.05, 0) is 32.4 Å². The van der Waals surface area contributed by atoms with Crippen LogP contribution in [0.3, 0.4) is 0 Å². The molecule has 2 heteroatoms. The van der Waals surface area contributed by atoms with Crippen LogP contribution in [-0.2, 0) is 0 Å². The van der Waals surface area contributed by atoms with Gasteiger partial charge in [0, 0.05) is 13.2 Å². The maximum Gasteiger partial charge on any atom is 0.0443 e. The van der Waals surface area contributed by atoms with Gasteiger partial charge in [0.05, 0.1) is 0 Å². The van der Waals surface area contributed by atoms with Crippen molar-refractivity contribution in [2.45, 2.75) is 47.0 Å². The second-order valence-corrected chi connectivity index (χ2v) is 2.92. The molecule has 1 N–H and O–H groups in total. The Balaban J connectivity index is 0. The molecule has 0 heterocycles. The number of hydrogen-bond acceptors (Lipinski definition) is 2. The van der Waals surface area contributed by atoms with E-state index >= 15 is 0 Å².